The smallest absolute Gasteiger partial charge is 0.0675 e. The summed E-state index contributed by atoms with van der Waals surface area (Å²) in [7, 11) is 0. The Labute approximate surface area is 88.9 Å². The third-order valence-electron chi connectivity index (χ3n) is 4.21. The fourth-order valence-electron chi connectivity index (χ4n) is 2.78. The van der Waals surface area contributed by atoms with Gasteiger partial charge in [-0.25, -0.2) is 0 Å². The maximum Gasteiger partial charge on any atom is 0.0675 e. The van der Waals surface area contributed by atoms with Gasteiger partial charge in [0.05, 0.1) is 5.60 Å². The lowest BCUT2D eigenvalue weighted by Gasteiger charge is -2.40. The third-order valence-corrected chi connectivity index (χ3v) is 4.21. The molecule has 1 saturated carbocycles. The highest BCUT2D eigenvalue weighted by Gasteiger charge is 2.36. The topological polar surface area (TPSA) is 20.2 Å². The molecule has 1 aliphatic rings. The van der Waals surface area contributed by atoms with Crippen LogP contribution in [0.25, 0.3) is 0 Å². The minimum Gasteiger partial charge on any atom is -0.390 e. The van der Waals surface area contributed by atoms with Crippen LogP contribution in [0.2, 0.25) is 0 Å². The molecule has 2 atom stereocenters. The van der Waals surface area contributed by atoms with Crippen LogP contribution in [0.5, 0.6) is 0 Å². The van der Waals surface area contributed by atoms with Gasteiger partial charge in [-0.3, -0.25) is 0 Å². The van der Waals surface area contributed by atoms with Crippen molar-refractivity contribution < 1.29 is 5.11 Å². The average Bonchev–Trinajstić information content (AvgIpc) is 2.19. The first-order chi connectivity index (χ1) is 6.62. The fraction of sp³-hybridized carbons (Fsp3) is 1.00. The fourth-order valence-corrected chi connectivity index (χ4v) is 2.78. The zero-order valence-corrected chi connectivity index (χ0v) is 10.1. The molecular weight excluding hydrogens is 172 g/mol. The van der Waals surface area contributed by atoms with E-state index in [0.717, 1.165) is 18.8 Å². The van der Waals surface area contributed by atoms with Crippen molar-refractivity contribution in [3.63, 3.8) is 0 Å². The van der Waals surface area contributed by atoms with Gasteiger partial charge in [0, 0.05) is 0 Å². The van der Waals surface area contributed by atoms with Gasteiger partial charge in [-0.1, -0.05) is 46.5 Å². The lowest BCUT2D eigenvalue weighted by atomic mass is 9.71. The molecule has 2 unspecified atom stereocenters. The summed E-state index contributed by atoms with van der Waals surface area (Å²) >= 11 is 0. The Hall–Kier alpha value is -0.0400. The van der Waals surface area contributed by atoms with Gasteiger partial charge in [-0.2, -0.15) is 0 Å². The largest absolute Gasteiger partial charge is 0.390 e. The molecule has 1 rings (SSSR count). The maximum absolute atomic E-state index is 10.6. The van der Waals surface area contributed by atoms with Gasteiger partial charge in [0.1, 0.15) is 0 Å². The van der Waals surface area contributed by atoms with Gasteiger partial charge in [0.15, 0.2) is 0 Å². The van der Waals surface area contributed by atoms with Gasteiger partial charge in [-0.05, 0) is 31.1 Å². The summed E-state index contributed by atoms with van der Waals surface area (Å²) in [5.41, 5.74) is -0.338. The van der Waals surface area contributed by atoms with Gasteiger partial charge in [0.2, 0.25) is 0 Å². The minimum absolute atomic E-state index is 0.338. The molecule has 1 aliphatic carbocycles. The summed E-state index contributed by atoms with van der Waals surface area (Å²) in [4.78, 5) is 0. The van der Waals surface area contributed by atoms with Crippen LogP contribution in [-0.4, -0.2) is 10.7 Å². The van der Waals surface area contributed by atoms with E-state index in [4.69, 9.17) is 0 Å². The molecule has 0 aromatic rings. The molecule has 14 heavy (non-hydrogen) atoms. The van der Waals surface area contributed by atoms with Gasteiger partial charge in [-0.15, -0.1) is 0 Å². The molecule has 0 aromatic heterocycles. The zero-order chi connectivity index (χ0) is 10.6. The van der Waals surface area contributed by atoms with Crippen LogP contribution in [-0.2, 0) is 0 Å². The lowest BCUT2D eigenvalue weighted by molar-refractivity contribution is -0.0602. The molecule has 0 aromatic carbocycles. The Balaban J connectivity index is 2.53. The van der Waals surface area contributed by atoms with Gasteiger partial charge >= 0.3 is 0 Å². The van der Waals surface area contributed by atoms with Gasteiger partial charge in [0.25, 0.3) is 0 Å². The summed E-state index contributed by atoms with van der Waals surface area (Å²) < 4.78 is 0. The molecule has 1 heteroatoms. The van der Waals surface area contributed by atoms with Crippen molar-refractivity contribution in [3.8, 4) is 0 Å². The molecule has 0 radical (unpaired) electrons. The van der Waals surface area contributed by atoms with Crippen LogP contribution >= 0.6 is 0 Å². The first-order valence-corrected chi connectivity index (χ1v) is 6.34. The van der Waals surface area contributed by atoms with Crippen molar-refractivity contribution in [2.45, 2.75) is 71.3 Å². The highest BCUT2D eigenvalue weighted by atomic mass is 16.3. The molecular formula is C13H26O. The second kappa shape index (κ2) is 5.16. The summed E-state index contributed by atoms with van der Waals surface area (Å²) in [5, 5.41) is 10.6. The van der Waals surface area contributed by atoms with Crippen molar-refractivity contribution in [1.29, 1.82) is 0 Å². The molecule has 0 aliphatic heterocycles. The Morgan fingerprint density at radius 2 is 1.93 bits per heavy atom. The maximum atomic E-state index is 10.6. The molecule has 0 saturated heterocycles. The van der Waals surface area contributed by atoms with E-state index < -0.39 is 0 Å². The number of hydrogen-bond donors (Lipinski definition) is 1. The molecule has 1 fully saturated rings. The number of aliphatic hydroxyl groups is 1. The van der Waals surface area contributed by atoms with Crippen LogP contribution in [0.1, 0.15) is 65.7 Å². The van der Waals surface area contributed by atoms with Crippen LogP contribution in [0.4, 0.5) is 0 Å². The molecule has 84 valence electrons. The summed E-state index contributed by atoms with van der Waals surface area (Å²) in [6, 6.07) is 0. The molecule has 0 heterocycles. The first-order valence-electron chi connectivity index (χ1n) is 6.34. The van der Waals surface area contributed by atoms with Crippen LogP contribution < -0.4 is 0 Å². The highest BCUT2D eigenvalue weighted by Crippen LogP contribution is 2.39. The van der Waals surface area contributed by atoms with Crippen molar-refractivity contribution in [3.05, 3.63) is 0 Å². The predicted octanol–water partition coefficient (Wildman–Crippen LogP) is 3.75. The Kier molecular flexibility index (Phi) is 4.43. The summed E-state index contributed by atoms with van der Waals surface area (Å²) in [6.07, 6.45) is 8.24. The standard InChI is InChI=1S/C13H26O/c1-4-12(5-2)10-13(14)9-7-6-8-11(13)3/h11-12,14H,4-10H2,1-3H3. The zero-order valence-electron chi connectivity index (χ0n) is 10.1. The first kappa shape index (κ1) is 12.0. The van der Waals surface area contributed by atoms with E-state index in [9.17, 15) is 5.11 Å². The monoisotopic (exact) mass is 198 g/mol. The number of rotatable bonds is 4. The normalized spacial score (nSPS) is 33.6. The molecule has 1 N–H and O–H groups in total. The van der Waals surface area contributed by atoms with E-state index in [1.54, 1.807) is 0 Å². The second-order valence-corrected chi connectivity index (χ2v) is 5.14. The number of hydrogen-bond acceptors (Lipinski definition) is 1. The van der Waals surface area contributed by atoms with E-state index >= 15 is 0 Å². The van der Waals surface area contributed by atoms with E-state index in [-0.39, 0.29) is 5.60 Å². The Bertz CT molecular complexity index is 163. The SMILES string of the molecule is CCC(CC)CC1(O)CCCCC1C. The third kappa shape index (κ3) is 2.73. The molecule has 1 nitrogen and oxygen atoms in total. The van der Waals surface area contributed by atoms with Gasteiger partial charge < -0.3 is 5.11 Å². The molecule has 0 bridgehead atoms. The summed E-state index contributed by atoms with van der Waals surface area (Å²) in [5.74, 6) is 1.23. The predicted molar refractivity (Wildman–Crippen MR) is 61.3 cm³/mol. The summed E-state index contributed by atoms with van der Waals surface area (Å²) in [6.45, 7) is 6.71. The molecule has 0 spiro atoms. The van der Waals surface area contributed by atoms with Crippen LogP contribution in [0.15, 0.2) is 0 Å². The van der Waals surface area contributed by atoms with Crippen molar-refractivity contribution in [2.24, 2.45) is 11.8 Å². The highest BCUT2D eigenvalue weighted by molar-refractivity contribution is 4.89. The Morgan fingerprint density at radius 3 is 2.43 bits per heavy atom. The van der Waals surface area contributed by atoms with Crippen molar-refractivity contribution >= 4 is 0 Å². The van der Waals surface area contributed by atoms with E-state index in [1.807, 2.05) is 0 Å². The average molecular weight is 198 g/mol. The van der Waals surface area contributed by atoms with Crippen molar-refractivity contribution in [1.82, 2.24) is 0 Å². The van der Waals surface area contributed by atoms with Crippen LogP contribution in [0.3, 0.4) is 0 Å². The Morgan fingerprint density at radius 1 is 1.29 bits per heavy atom. The van der Waals surface area contributed by atoms with E-state index in [2.05, 4.69) is 20.8 Å². The second-order valence-electron chi connectivity index (χ2n) is 5.14. The lowest BCUT2D eigenvalue weighted by Crippen LogP contribution is -2.40. The quantitative estimate of drug-likeness (QED) is 0.729. The van der Waals surface area contributed by atoms with Crippen molar-refractivity contribution in [2.75, 3.05) is 0 Å². The van der Waals surface area contributed by atoms with E-state index in [1.165, 1.54) is 32.1 Å². The van der Waals surface area contributed by atoms with Crippen LogP contribution in [0, 0.1) is 11.8 Å². The van der Waals surface area contributed by atoms with E-state index in [0.29, 0.717) is 5.92 Å². The minimum atomic E-state index is -0.338. The molecule has 0 amide bonds.